The second-order valence-electron chi connectivity index (χ2n) is 4.53. The molecule has 0 radical (unpaired) electrons. The van der Waals surface area contributed by atoms with Crippen molar-refractivity contribution in [3.8, 4) is 11.1 Å². The Labute approximate surface area is 94.7 Å². The van der Waals surface area contributed by atoms with Crippen LogP contribution < -0.4 is 0 Å². The number of ether oxygens (including phenoxy) is 1. The minimum Gasteiger partial charge on any atom is -0.368 e. The van der Waals surface area contributed by atoms with E-state index in [0.717, 1.165) is 13.0 Å². The maximum atomic E-state index is 5.42. The molecule has 2 aromatic rings. The minimum atomic E-state index is 0.365. The summed E-state index contributed by atoms with van der Waals surface area (Å²) in [6.07, 6.45) is 1.44. The van der Waals surface area contributed by atoms with E-state index >= 15 is 0 Å². The Morgan fingerprint density at radius 2 is 1.75 bits per heavy atom. The predicted octanol–water partition coefficient (Wildman–Crippen LogP) is 3.33. The van der Waals surface area contributed by atoms with Crippen molar-refractivity contribution in [2.75, 3.05) is 6.61 Å². The number of epoxide rings is 1. The van der Waals surface area contributed by atoms with Gasteiger partial charge in [-0.3, -0.25) is 0 Å². The molecule has 0 amide bonds. The Hall–Kier alpha value is -1.60. The van der Waals surface area contributed by atoms with Crippen LogP contribution in [0.2, 0.25) is 0 Å². The van der Waals surface area contributed by atoms with Gasteiger partial charge in [-0.15, -0.1) is 0 Å². The molecular weight excluding hydrogens is 196 g/mol. The van der Waals surface area contributed by atoms with Gasteiger partial charge in [0, 0.05) is 0 Å². The largest absolute Gasteiger partial charge is 0.368 e. The average Bonchev–Trinajstić information content (AvgIpc) is 3.09. The molecule has 1 saturated heterocycles. The summed E-state index contributed by atoms with van der Waals surface area (Å²) >= 11 is 0. The van der Waals surface area contributed by atoms with Crippen molar-refractivity contribution in [2.45, 2.75) is 12.5 Å². The lowest BCUT2D eigenvalue weighted by molar-refractivity contribution is 0.415. The highest BCUT2D eigenvalue weighted by atomic mass is 16.6. The lowest BCUT2D eigenvalue weighted by Crippen LogP contribution is -1.90. The van der Waals surface area contributed by atoms with E-state index in [9.17, 15) is 0 Å². The van der Waals surface area contributed by atoms with Crippen molar-refractivity contribution in [3.63, 3.8) is 0 Å². The van der Waals surface area contributed by atoms with E-state index in [2.05, 4.69) is 42.5 Å². The lowest BCUT2D eigenvalue weighted by Gasteiger charge is -2.05. The fraction of sp³-hybridized carbons (Fsp3) is 0.200. The van der Waals surface area contributed by atoms with Gasteiger partial charge in [0.05, 0.1) is 6.61 Å². The van der Waals surface area contributed by atoms with Crippen LogP contribution in [0.4, 0.5) is 0 Å². The summed E-state index contributed by atoms with van der Waals surface area (Å²) < 4.78 is 5.42. The number of benzene rings is 2. The molecule has 1 fully saturated rings. The second-order valence-corrected chi connectivity index (χ2v) is 4.53. The van der Waals surface area contributed by atoms with E-state index in [-0.39, 0.29) is 0 Å². The lowest BCUT2D eigenvalue weighted by atomic mass is 9.99. The maximum Gasteiger partial charge on any atom is 0.106 e. The molecule has 1 nitrogen and oxygen atoms in total. The smallest absolute Gasteiger partial charge is 0.106 e. The average molecular weight is 208 g/mol. The monoisotopic (exact) mass is 208 g/mol. The molecule has 1 unspecified atom stereocenters. The van der Waals surface area contributed by atoms with E-state index in [0.29, 0.717) is 6.10 Å². The summed E-state index contributed by atoms with van der Waals surface area (Å²) in [5, 5.41) is 0. The van der Waals surface area contributed by atoms with Crippen molar-refractivity contribution in [1.82, 2.24) is 0 Å². The highest BCUT2D eigenvalue weighted by Gasteiger charge is 2.30. The molecule has 1 heterocycles. The molecule has 78 valence electrons. The molecule has 2 aliphatic rings. The first kappa shape index (κ1) is 8.54. The number of fused-ring (bicyclic) bond motifs is 3. The quantitative estimate of drug-likeness (QED) is 0.559. The van der Waals surface area contributed by atoms with Crippen LogP contribution in [0, 0.1) is 0 Å². The SMILES string of the molecule is c1ccc2c(c1)Cc1c-2cccc1C1CO1. The van der Waals surface area contributed by atoms with Crippen LogP contribution in [0.25, 0.3) is 11.1 Å². The molecular formula is C15H12O. The van der Waals surface area contributed by atoms with Crippen LogP contribution in [0.5, 0.6) is 0 Å². The summed E-state index contributed by atoms with van der Waals surface area (Å²) in [4.78, 5) is 0. The highest BCUT2D eigenvalue weighted by molar-refractivity contribution is 5.78. The molecule has 0 saturated carbocycles. The van der Waals surface area contributed by atoms with Crippen LogP contribution in [0.1, 0.15) is 22.8 Å². The van der Waals surface area contributed by atoms with E-state index in [1.165, 1.54) is 27.8 Å². The topological polar surface area (TPSA) is 12.5 Å². The second kappa shape index (κ2) is 2.96. The first-order chi connectivity index (χ1) is 7.93. The Balaban J connectivity index is 1.96. The molecule has 0 spiro atoms. The van der Waals surface area contributed by atoms with Gasteiger partial charge < -0.3 is 4.74 Å². The van der Waals surface area contributed by atoms with Gasteiger partial charge >= 0.3 is 0 Å². The third-order valence-electron chi connectivity index (χ3n) is 3.57. The standard InChI is InChI=1S/C15H12O/c1-2-5-11-10(4-1)8-14-12(11)6-3-7-13(14)15-9-16-15/h1-7,15H,8-9H2. The Bertz CT molecular complexity index is 567. The molecule has 2 aromatic carbocycles. The molecule has 1 heteroatoms. The fourth-order valence-electron chi connectivity index (χ4n) is 2.71. The van der Waals surface area contributed by atoms with E-state index in [4.69, 9.17) is 4.74 Å². The maximum absolute atomic E-state index is 5.42. The zero-order valence-corrected chi connectivity index (χ0v) is 8.94. The van der Waals surface area contributed by atoms with Crippen molar-refractivity contribution >= 4 is 0 Å². The van der Waals surface area contributed by atoms with Gasteiger partial charge in [-0.2, -0.15) is 0 Å². The molecule has 1 aliphatic carbocycles. The van der Waals surface area contributed by atoms with Gasteiger partial charge in [0.2, 0.25) is 0 Å². The molecule has 1 atom stereocenters. The summed E-state index contributed by atoms with van der Waals surface area (Å²) in [6, 6.07) is 15.3. The van der Waals surface area contributed by atoms with Gasteiger partial charge in [-0.25, -0.2) is 0 Å². The van der Waals surface area contributed by atoms with E-state index < -0.39 is 0 Å². The van der Waals surface area contributed by atoms with Gasteiger partial charge in [0.1, 0.15) is 6.10 Å². The number of rotatable bonds is 1. The van der Waals surface area contributed by atoms with E-state index in [1.807, 2.05) is 0 Å². The Morgan fingerprint density at radius 1 is 0.938 bits per heavy atom. The van der Waals surface area contributed by atoms with Crippen molar-refractivity contribution in [3.05, 3.63) is 59.2 Å². The Kier molecular flexibility index (Phi) is 1.58. The van der Waals surface area contributed by atoms with Crippen LogP contribution in [0.3, 0.4) is 0 Å². The van der Waals surface area contributed by atoms with Gasteiger partial charge in [-0.05, 0) is 34.2 Å². The summed E-state index contributed by atoms with van der Waals surface area (Å²) in [6.45, 7) is 0.896. The number of hydrogen-bond donors (Lipinski definition) is 0. The molecule has 16 heavy (non-hydrogen) atoms. The highest BCUT2D eigenvalue weighted by Crippen LogP contribution is 2.43. The van der Waals surface area contributed by atoms with Gasteiger partial charge in [-0.1, -0.05) is 42.5 Å². The van der Waals surface area contributed by atoms with Crippen molar-refractivity contribution in [1.29, 1.82) is 0 Å². The van der Waals surface area contributed by atoms with Gasteiger partial charge in [0.25, 0.3) is 0 Å². The predicted molar refractivity (Wildman–Crippen MR) is 63.4 cm³/mol. The van der Waals surface area contributed by atoms with Crippen LogP contribution in [-0.2, 0) is 11.2 Å². The summed E-state index contributed by atoms with van der Waals surface area (Å²) in [7, 11) is 0. The summed E-state index contributed by atoms with van der Waals surface area (Å²) in [5.74, 6) is 0. The van der Waals surface area contributed by atoms with Crippen LogP contribution in [0.15, 0.2) is 42.5 Å². The molecule has 0 bridgehead atoms. The van der Waals surface area contributed by atoms with Crippen molar-refractivity contribution < 1.29 is 4.74 Å². The molecule has 0 aromatic heterocycles. The minimum absolute atomic E-state index is 0.365. The van der Waals surface area contributed by atoms with Crippen molar-refractivity contribution in [2.24, 2.45) is 0 Å². The normalized spacial score (nSPS) is 20.4. The van der Waals surface area contributed by atoms with Gasteiger partial charge in [0.15, 0.2) is 0 Å². The van der Waals surface area contributed by atoms with Crippen LogP contribution >= 0.6 is 0 Å². The number of hydrogen-bond acceptors (Lipinski definition) is 1. The summed E-state index contributed by atoms with van der Waals surface area (Å²) in [5.41, 5.74) is 7.13. The third kappa shape index (κ3) is 1.09. The van der Waals surface area contributed by atoms with E-state index in [1.54, 1.807) is 0 Å². The zero-order valence-electron chi connectivity index (χ0n) is 8.94. The van der Waals surface area contributed by atoms with Crippen LogP contribution in [-0.4, -0.2) is 6.61 Å². The Morgan fingerprint density at radius 3 is 2.62 bits per heavy atom. The molecule has 0 N–H and O–H groups in total. The molecule has 4 rings (SSSR count). The fourth-order valence-corrected chi connectivity index (χ4v) is 2.71. The first-order valence-electron chi connectivity index (χ1n) is 5.75. The molecule has 1 aliphatic heterocycles. The first-order valence-corrected chi connectivity index (χ1v) is 5.75. The zero-order chi connectivity index (χ0) is 10.5. The third-order valence-corrected chi connectivity index (χ3v) is 3.57.